The number of unbranched alkanes of at least 4 members (excludes halogenated alkanes) is 7. The first kappa shape index (κ1) is 17.0. The molecule has 0 fully saturated rings. The Morgan fingerprint density at radius 2 is 1.76 bits per heavy atom. The molecule has 0 amide bonds. The number of rotatable bonds is 9. The monoisotopic (exact) mass is 289 g/mol. The average Bonchev–Trinajstić information content (AvgIpc) is 2.46. The summed E-state index contributed by atoms with van der Waals surface area (Å²) in [6, 6.07) is 3.32. The van der Waals surface area contributed by atoms with E-state index in [2.05, 4.69) is 5.92 Å². The van der Waals surface area contributed by atoms with Gasteiger partial charge in [-0.25, -0.2) is 9.36 Å². The molecule has 0 saturated carbocycles. The SMILES string of the molecule is C#CCCCCCCCCCc1cccn(C(=O)O)c1=O. The third-order valence-electron chi connectivity index (χ3n) is 3.50. The van der Waals surface area contributed by atoms with Crippen molar-refractivity contribution in [2.75, 3.05) is 0 Å². The second kappa shape index (κ2) is 9.82. The number of hydrogen-bond acceptors (Lipinski definition) is 2. The number of hydrogen-bond donors (Lipinski definition) is 1. The summed E-state index contributed by atoms with van der Waals surface area (Å²) in [5, 5.41) is 8.87. The zero-order valence-electron chi connectivity index (χ0n) is 12.4. The molecule has 4 heteroatoms. The van der Waals surface area contributed by atoms with Gasteiger partial charge in [0.05, 0.1) is 0 Å². The van der Waals surface area contributed by atoms with Crippen molar-refractivity contribution in [3.63, 3.8) is 0 Å². The molecule has 0 spiro atoms. The highest BCUT2D eigenvalue weighted by Crippen LogP contribution is 2.10. The minimum absolute atomic E-state index is 0.417. The van der Waals surface area contributed by atoms with E-state index in [-0.39, 0.29) is 0 Å². The third-order valence-corrected chi connectivity index (χ3v) is 3.50. The van der Waals surface area contributed by atoms with Crippen LogP contribution in [-0.2, 0) is 6.42 Å². The van der Waals surface area contributed by atoms with Crippen LogP contribution in [0.3, 0.4) is 0 Å². The Labute approximate surface area is 125 Å². The Balaban J connectivity index is 2.22. The largest absolute Gasteiger partial charge is 0.464 e. The van der Waals surface area contributed by atoms with Crippen molar-refractivity contribution < 1.29 is 9.90 Å². The molecule has 0 aromatic carbocycles. The Kier molecular flexibility index (Phi) is 7.96. The van der Waals surface area contributed by atoms with Crippen LogP contribution in [0, 0.1) is 12.3 Å². The standard InChI is InChI=1S/C17H23NO3/c1-2-3-4-5-6-7-8-9-10-12-15-13-11-14-18(16(15)19)17(20)21/h1,11,13-14H,3-10,12H2,(H,20,21). The molecule has 0 aliphatic rings. The van der Waals surface area contributed by atoms with Gasteiger partial charge in [-0.15, -0.1) is 12.3 Å². The zero-order chi connectivity index (χ0) is 15.5. The molecule has 0 aliphatic carbocycles. The van der Waals surface area contributed by atoms with Crippen LogP contribution in [0.25, 0.3) is 0 Å². The van der Waals surface area contributed by atoms with E-state index in [0.29, 0.717) is 12.0 Å². The number of terminal acetylenes is 1. The van der Waals surface area contributed by atoms with Gasteiger partial charge in [0.25, 0.3) is 5.56 Å². The molecule has 4 nitrogen and oxygen atoms in total. The van der Waals surface area contributed by atoms with Gasteiger partial charge in [0.2, 0.25) is 0 Å². The quantitative estimate of drug-likeness (QED) is 0.557. The number of nitrogens with zero attached hydrogens (tertiary/aromatic N) is 1. The Bertz CT molecular complexity index is 540. The summed E-state index contributed by atoms with van der Waals surface area (Å²) in [4.78, 5) is 22.7. The van der Waals surface area contributed by atoms with Crippen LogP contribution in [0.1, 0.15) is 56.9 Å². The van der Waals surface area contributed by atoms with E-state index in [0.717, 1.165) is 36.7 Å². The van der Waals surface area contributed by atoms with Crippen molar-refractivity contribution in [2.24, 2.45) is 0 Å². The molecule has 0 atom stereocenters. The van der Waals surface area contributed by atoms with Gasteiger partial charge in [0.15, 0.2) is 0 Å². The van der Waals surface area contributed by atoms with Crippen LogP contribution in [0.4, 0.5) is 4.79 Å². The van der Waals surface area contributed by atoms with Crippen molar-refractivity contribution >= 4 is 6.09 Å². The van der Waals surface area contributed by atoms with E-state index in [1.807, 2.05) is 0 Å². The van der Waals surface area contributed by atoms with Gasteiger partial charge >= 0.3 is 6.09 Å². The maximum Gasteiger partial charge on any atom is 0.418 e. The molecule has 0 aliphatic heterocycles. The average molecular weight is 289 g/mol. The Morgan fingerprint density at radius 1 is 1.14 bits per heavy atom. The minimum Gasteiger partial charge on any atom is -0.464 e. The molecule has 1 heterocycles. The molecule has 21 heavy (non-hydrogen) atoms. The van der Waals surface area contributed by atoms with E-state index in [4.69, 9.17) is 11.5 Å². The molecule has 0 bridgehead atoms. The summed E-state index contributed by atoms with van der Waals surface area (Å²) in [6.07, 6.45) is 14.6. The van der Waals surface area contributed by atoms with E-state index < -0.39 is 11.7 Å². The normalized spacial score (nSPS) is 10.2. The highest BCUT2D eigenvalue weighted by atomic mass is 16.4. The molecule has 1 N–H and O–H groups in total. The number of carboxylic acid groups (broad SMARTS) is 1. The lowest BCUT2D eigenvalue weighted by Crippen LogP contribution is -2.27. The first-order chi connectivity index (χ1) is 10.2. The van der Waals surface area contributed by atoms with Crippen LogP contribution in [0.15, 0.2) is 23.1 Å². The molecule has 0 saturated heterocycles. The lowest BCUT2D eigenvalue weighted by molar-refractivity contribution is 0.195. The van der Waals surface area contributed by atoms with E-state index in [1.54, 1.807) is 12.1 Å². The van der Waals surface area contributed by atoms with Crippen molar-refractivity contribution in [1.82, 2.24) is 4.57 Å². The lowest BCUT2D eigenvalue weighted by Gasteiger charge is -2.04. The number of carbonyl (C=O) groups is 1. The van der Waals surface area contributed by atoms with Crippen molar-refractivity contribution in [3.8, 4) is 12.3 Å². The van der Waals surface area contributed by atoms with Crippen molar-refractivity contribution in [3.05, 3.63) is 34.2 Å². The zero-order valence-corrected chi connectivity index (χ0v) is 12.4. The second-order valence-electron chi connectivity index (χ2n) is 5.17. The fourth-order valence-electron chi connectivity index (χ4n) is 2.31. The Hall–Kier alpha value is -2.02. The molecule has 0 unspecified atom stereocenters. The second-order valence-corrected chi connectivity index (χ2v) is 5.17. The Morgan fingerprint density at radius 3 is 2.38 bits per heavy atom. The molecule has 1 aromatic heterocycles. The number of pyridine rings is 1. The third kappa shape index (κ3) is 6.31. The maximum atomic E-state index is 11.8. The number of aromatic nitrogens is 1. The molecular weight excluding hydrogens is 266 g/mol. The molecule has 0 radical (unpaired) electrons. The maximum absolute atomic E-state index is 11.8. The summed E-state index contributed by atoms with van der Waals surface area (Å²) in [6.45, 7) is 0. The molecular formula is C17H23NO3. The van der Waals surface area contributed by atoms with Crippen molar-refractivity contribution in [1.29, 1.82) is 0 Å². The van der Waals surface area contributed by atoms with Crippen LogP contribution in [0.5, 0.6) is 0 Å². The van der Waals surface area contributed by atoms with E-state index in [1.165, 1.54) is 25.5 Å². The smallest absolute Gasteiger partial charge is 0.418 e. The molecule has 1 aromatic rings. The number of aryl methyl sites for hydroxylation is 1. The first-order valence-corrected chi connectivity index (χ1v) is 7.54. The van der Waals surface area contributed by atoms with Crippen LogP contribution in [0.2, 0.25) is 0 Å². The van der Waals surface area contributed by atoms with E-state index >= 15 is 0 Å². The molecule has 1 rings (SSSR count). The summed E-state index contributed by atoms with van der Waals surface area (Å²) >= 11 is 0. The van der Waals surface area contributed by atoms with Crippen LogP contribution >= 0.6 is 0 Å². The van der Waals surface area contributed by atoms with E-state index in [9.17, 15) is 9.59 Å². The van der Waals surface area contributed by atoms with Crippen LogP contribution < -0.4 is 5.56 Å². The fraction of sp³-hybridized carbons (Fsp3) is 0.529. The van der Waals surface area contributed by atoms with Gasteiger partial charge in [0.1, 0.15) is 0 Å². The van der Waals surface area contributed by atoms with Gasteiger partial charge in [-0.05, 0) is 25.3 Å². The summed E-state index contributed by atoms with van der Waals surface area (Å²) in [5.74, 6) is 2.64. The van der Waals surface area contributed by atoms with Gasteiger partial charge in [-0.1, -0.05) is 38.2 Å². The summed E-state index contributed by atoms with van der Waals surface area (Å²) in [7, 11) is 0. The highest BCUT2D eigenvalue weighted by molar-refractivity contribution is 5.67. The summed E-state index contributed by atoms with van der Waals surface area (Å²) < 4.78 is 0.737. The fourth-order valence-corrected chi connectivity index (χ4v) is 2.31. The highest BCUT2D eigenvalue weighted by Gasteiger charge is 2.07. The predicted molar refractivity (Wildman–Crippen MR) is 83.6 cm³/mol. The topological polar surface area (TPSA) is 59.3 Å². The lowest BCUT2D eigenvalue weighted by atomic mass is 10.0. The van der Waals surface area contributed by atoms with Gasteiger partial charge < -0.3 is 5.11 Å². The minimum atomic E-state index is -1.23. The van der Waals surface area contributed by atoms with Gasteiger partial charge in [-0.2, -0.15) is 0 Å². The molecule has 114 valence electrons. The van der Waals surface area contributed by atoms with Crippen molar-refractivity contribution in [2.45, 2.75) is 57.8 Å². The van der Waals surface area contributed by atoms with Gasteiger partial charge in [-0.3, -0.25) is 4.79 Å². The van der Waals surface area contributed by atoms with Gasteiger partial charge in [0, 0.05) is 18.2 Å². The first-order valence-electron chi connectivity index (χ1n) is 7.54. The van der Waals surface area contributed by atoms with Crippen LogP contribution in [-0.4, -0.2) is 15.8 Å². The summed E-state index contributed by atoms with van der Waals surface area (Å²) in [5.41, 5.74) is 0.160. The predicted octanol–water partition coefficient (Wildman–Crippen LogP) is 3.67.